The summed E-state index contributed by atoms with van der Waals surface area (Å²) in [4.78, 5) is 18.8. The van der Waals surface area contributed by atoms with Crippen molar-refractivity contribution in [3.63, 3.8) is 0 Å². The van der Waals surface area contributed by atoms with Gasteiger partial charge < -0.3 is 9.84 Å². The maximum absolute atomic E-state index is 11.9. The van der Waals surface area contributed by atoms with Gasteiger partial charge in [-0.05, 0) is 30.7 Å². The molecule has 1 aromatic heterocycles. The number of benzene rings is 2. The minimum Gasteiger partial charge on any atom is -0.494 e. The van der Waals surface area contributed by atoms with E-state index in [0.717, 1.165) is 11.3 Å². The van der Waals surface area contributed by atoms with Crippen molar-refractivity contribution in [3.8, 4) is 5.88 Å². The molecule has 1 unspecified atom stereocenters. The molecule has 0 aliphatic heterocycles. The van der Waals surface area contributed by atoms with Gasteiger partial charge in [0.25, 0.3) is 5.56 Å². The fourth-order valence-corrected chi connectivity index (χ4v) is 2.55. The fourth-order valence-electron chi connectivity index (χ4n) is 2.55. The van der Waals surface area contributed by atoms with Crippen LogP contribution in [0, 0.1) is 0 Å². The lowest BCUT2D eigenvalue weighted by Gasteiger charge is -2.09. The van der Waals surface area contributed by atoms with Gasteiger partial charge in [-0.15, -0.1) is 0 Å². The first kappa shape index (κ1) is 16.0. The van der Waals surface area contributed by atoms with E-state index in [4.69, 9.17) is 4.74 Å². The number of aliphatic imine (C=N–C) groups is 1. The molecule has 0 aliphatic carbocycles. The Balaban J connectivity index is 2.04. The number of ether oxygens (including phenoxy) is 1. The van der Waals surface area contributed by atoms with E-state index in [9.17, 15) is 9.90 Å². The third-order valence-electron chi connectivity index (χ3n) is 3.98. The van der Waals surface area contributed by atoms with Crippen LogP contribution in [0.4, 0.5) is 5.69 Å². The van der Waals surface area contributed by atoms with Crippen molar-refractivity contribution in [1.82, 2.24) is 4.98 Å². The van der Waals surface area contributed by atoms with Gasteiger partial charge in [-0.3, -0.25) is 14.8 Å². The average molecular weight is 322 g/mol. The Morgan fingerprint density at radius 3 is 2.67 bits per heavy atom. The maximum Gasteiger partial charge on any atom is 0.258 e. The molecule has 122 valence electrons. The minimum atomic E-state index is -0.323. The molecule has 0 saturated carbocycles. The van der Waals surface area contributed by atoms with Gasteiger partial charge in [-0.25, -0.2) is 0 Å². The van der Waals surface area contributed by atoms with Crippen molar-refractivity contribution < 1.29 is 9.84 Å². The molecule has 0 bridgehead atoms. The van der Waals surface area contributed by atoms with Crippen LogP contribution < -0.4 is 5.56 Å². The van der Waals surface area contributed by atoms with E-state index in [2.05, 4.69) is 9.98 Å². The molecule has 3 aromatic rings. The van der Waals surface area contributed by atoms with Crippen molar-refractivity contribution in [2.75, 3.05) is 7.11 Å². The zero-order chi connectivity index (χ0) is 17.1. The molecule has 5 heteroatoms. The van der Waals surface area contributed by atoms with E-state index in [0.29, 0.717) is 16.3 Å². The van der Waals surface area contributed by atoms with Gasteiger partial charge in [0.2, 0.25) is 5.88 Å². The lowest BCUT2D eigenvalue weighted by atomic mass is 10.1. The average Bonchev–Trinajstić information content (AvgIpc) is 2.61. The first-order valence-electron chi connectivity index (χ1n) is 7.61. The van der Waals surface area contributed by atoms with Gasteiger partial charge >= 0.3 is 0 Å². The van der Waals surface area contributed by atoms with Gasteiger partial charge in [-0.2, -0.15) is 0 Å². The summed E-state index contributed by atoms with van der Waals surface area (Å²) in [6.45, 7) is 1.96. The number of hydrogen-bond donors (Lipinski definition) is 2. The van der Waals surface area contributed by atoms with Gasteiger partial charge in [-0.1, -0.05) is 30.3 Å². The van der Waals surface area contributed by atoms with E-state index < -0.39 is 0 Å². The molecular weight excluding hydrogens is 304 g/mol. The van der Waals surface area contributed by atoms with Crippen molar-refractivity contribution in [1.29, 1.82) is 0 Å². The number of aromatic hydroxyl groups is 1. The first-order chi connectivity index (χ1) is 11.6. The van der Waals surface area contributed by atoms with Crippen LogP contribution >= 0.6 is 0 Å². The second-order valence-electron chi connectivity index (χ2n) is 5.49. The monoisotopic (exact) mass is 322 g/mol. The van der Waals surface area contributed by atoms with Crippen LogP contribution in [0.3, 0.4) is 0 Å². The number of aromatic nitrogens is 1. The standard InChI is InChI=1S/C19H18N2O3/c1-12(24-2)13-6-5-7-14(10-13)20-11-17-15-8-3-4-9-16(15)18(22)21-19(17)23/h3-12H,1-2H3,(H2,21,22,23). The van der Waals surface area contributed by atoms with E-state index in [-0.39, 0.29) is 17.5 Å². The van der Waals surface area contributed by atoms with Crippen LogP contribution in [-0.2, 0) is 4.74 Å². The third-order valence-corrected chi connectivity index (χ3v) is 3.98. The van der Waals surface area contributed by atoms with E-state index >= 15 is 0 Å². The Kier molecular flexibility index (Phi) is 4.44. The number of H-pyrrole nitrogens is 1. The SMILES string of the molecule is COC(C)c1cccc(N=Cc2c(O)[nH]c(=O)c3ccccc23)c1. The molecule has 24 heavy (non-hydrogen) atoms. The number of rotatable bonds is 4. The maximum atomic E-state index is 11.9. The van der Waals surface area contributed by atoms with Gasteiger partial charge in [0.1, 0.15) is 0 Å². The molecular formula is C19H18N2O3. The summed E-state index contributed by atoms with van der Waals surface area (Å²) in [7, 11) is 1.66. The molecule has 5 nitrogen and oxygen atoms in total. The van der Waals surface area contributed by atoms with E-state index in [1.807, 2.05) is 37.3 Å². The van der Waals surface area contributed by atoms with Crippen molar-refractivity contribution in [2.24, 2.45) is 4.99 Å². The Morgan fingerprint density at radius 1 is 1.17 bits per heavy atom. The lowest BCUT2D eigenvalue weighted by Crippen LogP contribution is -2.07. The summed E-state index contributed by atoms with van der Waals surface area (Å²) in [6, 6.07) is 14.8. The second-order valence-corrected chi connectivity index (χ2v) is 5.49. The summed E-state index contributed by atoms with van der Waals surface area (Å²) in [5.74, 6) is -0.191. The number of fused-ring (bicyclic) bond motifs is 1. The molecule has 0 amide bonds. The number of methoxy groups -OCH3 is 1. The summed E-state index contributed by atoms with van der Waals surface area (Å²) >= 11 is 0. The van der Waals surface area contributed by atoms with Crippen molar-refractivity contribution in [2.45, 2.75) is 13.0 Å². The number of aromatic amines is 1. The minimum absolute atomic E-state index is 0.0255. The molecule has 3 rings (SSSR count). The molecule has 0 fully saturated rings. The number of hydrogen-bond acceptors (Lipinski definition) is 4. The molecule has 0 aliphatic rings. The Bertz CT molecular complexity index is 960. The van der Waals surface area contributed by atoms with Crippen molar-refractivity contribution in [3.05, 3.63) is 70.0 Å². The lowest BCUT2D eigenvalue weighted by molar-refractivity contribution is 0.119. The van der Waals surface area contributed by atoms with Crippen LogP contribution in [0.5, 0.6) is 5.88 Å². The van der Waals surface area contributed by atoms with Crippen LogP contribution in [-0.4, -0.2) is 23.4 Å². The first-order valence-corrected chi connectivity index (χ1v) is 7.61. The molecule has 1 atom stereocenters. The molecule has 2 N–H and O–H groups in total. The predicted octanol–water partition coefficient (Wildman–Crippen LogP) is 3.69. The Labute approximate surface area is 139 Å². The van der Waals surface area contributed by atoms with E-state index in [1.165, 1.54) is 0 Å². The highest BCUT2D eigenvalue weighted by molar-refractivity contribution is 6.01. The zero-order valence-corrected chi connectivity index (χ0v) is 13.5. The zero-order valence-electron chi connectivity index (χ0n) is 13.5. The summed E-state index contributed by atoms with van der Waals surface area (Å²) in [6.07, 6.45) is 1.53. The number of nitrogens with zero attached hydrogens (tertiary/aromatic N) is 1. The van der Waals surface area contributed by atoms with E-state index in [1.54, 1.807) is 31.5 Å². The van der Waals surface area contributed by atoms with Crippen molar-refractivity contribution >= 4 is 22.7 Å². The highest BCUT2D eigenvalue weighted by Gasteiger charge is 2.09. The topological polar surface area (TPSA) is 74.7 Å². The van der Waals surface area contributed by atoms with Crippen LogP contribution in [0.2, 0.25) is 0 Å². The van der Waals surface area contributed by atoms with Crippen LogP contribution in [0.1, 0.15) is 24.2 Å². The second kappa shape index (κ2) is 6.68. The molecule has 1 heterocycles. The molecule has 0 spiro atoms. The van der Waals surface area contributed by atoms with Gasteiger partial charge in [0.05, 0.1) is 17.4 Å². The van der Waals surface area contributed by atoms with Crippen LogP contribution in [0.15, 0.2) is 58.3 Å². The quantitative estimate of drug-likeness (QED) is 0.719. The highest BCUT2D eigenvalue weighted by Crippen LogP contribution is 2.24. The number of pyridine rings is 1. The fraction of sp³-hybridized carbons (Fsp3) is 0.158. The summed E-state index contributed by atoms with van der Waals surface area (Å²) in [5, 5.41) is 11.3. The molecule has 2 aromatic carbocycles. The largest absolute Gasteiger partial charge is 0.494 e. The normalized spacial score (nSPS) is 12.8. The summed E-state index contributed by atoms with van der Waals surface area (Å²) < 4.78 is 5.31. The smallest absolute Gasteiger partial charge is 0.258 e. The van der Waals surface area contributed by atoms with Gasteiger partial charge in [0.15, 0.2) is 0 Å². The third kappa shape index (κ3) is 3.07. The number of nitrogens with one attached hydrogen (secondary N) is 1. The summed E-state index contributed by atoms with van der Waals surface area (Å²) in [5.41, 5.74) is 1.92. The predicted molar refractivity (Wildman–Crippen MR) is 95.4 cm³/mol. The Hall–Kier alpha value is -2.92. The van der Waals surface area contributed by atoms with Gasteiger partial charge in [0, 0.05) is 24.1 Å². The highest BCUT2D eigenvalue weighted by atomic mass is 16.5. The molecule has 0 radical (unpaired) electrons. The molecule has 0 saturated heterocycles. The Morgan fingerprint density at radius 2 is 1.92 bits per heavy atom. The van der Waals surface area contributed by atoms with Crippen LogP contribution in [0.25, 0.3) is 10.8 Å².